The van der Waals surface area contributed by atoms with Gasteiger partial charge in [0.2, 0.25) is 0 Å². The van der Waals surface area contributed by atoms with Crippen molar-refractivity contribution < 1.29 is 61.1 Å². The molecule has 0 aromatic heterocycles. The smallest absolute Gasteiger partial charge is 0.388 e. The van der Waals surface area contributed by atoms with Gasteiger partial charge >= 0.3 is 15.6 Å². The van der Waals surface area contributed by atoms with E-state index in [1.54, 1.807) is 0 Å². The van der Waals surface area contributed by atoms with Crippen LogP contribution in [0.1, 0.15) is 362 Å². The topological polar surface area (TPSA) is 169 Å². The minimum absolute atomic E-state index is 0.218. The van der Waals surface area contributed by atoms with Gasteiger partial charge in [0.25, 0.3) is 0 Å². The van der Waals surface area contributed by atoms with Gasteiger partial charge in [0.1, 0.15) is 18.3 Å². The normalized spacial score (nSPS) is 14.5. The number of unbranched alkanes of at least 4 members (excludes halogenated alkanes) is 48. The minimum Gasteiger partial charge on any atom is -0.388 e. The number of rotatable bonds is 74. The first-order chi connectivity index (χ1) is 41.1. The van der Waals surface area contributed by atoms with Gasteiger partial charge in [-0.3, -0.25) is 18.1 Å². The molecule has 0 aliphatic heterocycles. The Hall–Kier alpha value is 0.0200. The molecule has 15 heteroatoms. The van der Waals surface area contributed by atoms with E-state index in [0.29, 0.717) is 26.4 Å². The Bertz CT molecular complexity index is 1270. The monoisotopic (exact) mass is 1240 g/mol. The zero-order chi connectivity index (χ0) is 61.2. The van der Waals surface area contributed by atoms with Crippen molar-refractivity contribution in [1.29, 1.82) is 0 Å². The predicted octanol–water partition coefficient (Wildman–Crippen LogP) is 21.8. The van der Waals surface area contributed by atoms with Crippen molar-refractivity contribution in [3.8, 4) is 0 Å². The summed E-state index contributed by atoms with van der Waals surface area (Å²) in [4.78, 5) is 21.2. The van der Waals surface area contributed by atoms with Crippen molar-refractivity contribution in [2.24, 2.45) is 0 Å². The van der Waals surface area contributed by atoms with Crippen molar-refractivity contribution in [2.45, 2.75) is 380 Å². The summed E-state index contributed by atoms with van der Waals surface area (Å²) in [5, 5.41) is 10.6. The fraction of sp³-hybridized carbons (Fsp3) is 1.00. The van der Waals surface area contributed by atoms with E-state index in [4.69, 9.17) is 37.0 Å². The minimum atomic E-state index is -4.65. The molecular weight excluding hydrogens is 1100 g/mol. The summed E-state index contributed by atoms with van der Waals surface area (Å²) in [5.74, 6) is 0. The summed E-state index contributed by atoms with van der Waals surface area (Å²) in [7, 11) is -9.29. The summed E-state index contributed by atoms with van der Waals surface area (Å²) in [6, 6.07) is 0. The third-order valence-corrected chi connectivity index (χ3v) is 18.2. The third kappa shape index (κ3) is 66.4. The van der Waals surface area contributed by atoms with E-state index in [9.17, 15) is 24.0 Å². The Kier molecular flexibility index (Phi) is 67.4. The van der Waals surface area contributed by atoms with E-state index in [-0.39, 0.29) is 26.4 Å². The molecule has 0 aromatic rings. The van der Waals surface area contributed by atoms with Crippen LogP contribution in [0.25, 0.3) is 0 Å². The highest BCUT2D eigenvalue weighted by Crippen LogP contribution is 2.45. The summed E-state index contributed by atoms with van der Waals surface area (Å²) in [6.45, 7) is 9.80. The second kappa shape index (κ2) is 67.4. The Morgan fingerprint density at radius 1 is 0.250 bits per heavy atom. The molecular formula is C69H142O13P2. The van der Waals surface area contributed by atoms with Gasteiger partial charge in [-0.2, -0.15) is 0 Å². The average molecular weight is 1240 g/mol. The molecule has 0 radical (unpaired) electrons. The first kappa shape index (κ1) is 84.0. The molecule has 0 fully saturated rings. The molecule has 0 aliphatic carbocycles. The van der Waals surface area contributed by atoms with Gasteiger partial charge in [0.15, 0.2) is 0 Å². The standard InChI is InChI=1S/C69H142O13P2/c1-5-9-13-17-21-25-29-33-37-41-45-49-53-57-75-63-68(77-59-55-51-47-43-39-35-31-27-23-19-15-11-7-3)65-81-83(71,72)79-61-67(70)62-80-84(73,74)82-66-69(78-60-56-52-48-44-40-36-32-28-24-20-16-12-8-4)64-76-58-54-50-46-42-38-34-30-26-22-18-14-10-6-2/h67-70H,5-66H2,1-4H3,(H,71,72)(H,73,74). The molecule has 13 nitrogen and oxygen atoms in total. The zero-order valence-corrected chi connectivity index (χ0v) is 57.7. The fourth-order valence-corrected chi connectivity index (χ4v) is 12.3. The number of hydrogen-bond acceptors (Lipinski definition) is 11. The number of ether oxygens (including phenoxy) is 4. The lowest BCUT2D eigenvalue weighted by molar-refractivity contribution is -0.0484. The molecule has 0 bridgehead atoms. The maximum absolute atomic E-state index is 13.0. The van der Waals surface area contributed by atoms with Crippen molar-refractivity contribution in [3.05, 3.63) is 0 Å². The van der Waals surface area contributed by atoms with Gasteiger partial charge in [0.05, 0.1) is 39.6 Å². The Morgan fingerprint density at radius 3 is 0.643 bits per heavy atom. The second-order valence-corrected chi connectivity index (χ2v) is 27.8. The molecule has 4 unspecified atom stereocenters. The third-order valence-electron chi connectivity index (χ3n) is 16.3. The summed E-state index contributed by atoms with van der Waals surface area (Å²) in [6.07, 6.45) is 63.1. The van der Waals surface area contributed by atoms with Crippen LogP contribution in [-0.2, 0) is 46.2 Å². The average Bonchev–Trinajstić information content (AvgIpc) is 3.62. The number of hydrogen-bond donors (Lipinski definition) is 3. The molecule has 0 heterocycles. The lowest BCUT2D eigenvalue weighted by Crippen LogP contribution is -2.27. The van der Waals surface area contributed by atoms with Gasteiger partial charge in [-0.05, 0) is 25.7 Å². The molecule has 0 aliphatic rings. The first-order valence-corrected chi connectivity index (χ1v) is 39.4. The van der Waals surface area contributed by atoms with Gasteiger partial charge in [-0.25, -0.2) is 9.13 Å². The fourth-order valence-electron chi connectivity index (χ4n) is 10.7. The van der Waals surface area contributed by atoms with Crippen LogP contribution in [0, 0.1) is 0 Å². The van der Waals surface area contributed by atoms with Crippen LogP contribution in [0.4, 0.5) is 0 Å². The molecule has 4 atom stereocenters. The molecule has 0 saturated heterocycles. The van der Waals surface area contributed by atoms with Gasteiger partial charge in [-0.15, -0.1) is 0 Å². The van der Waals surface area contributed by atoms with Crippen LogP contribution >= 0.6 is 15.6 Å². The molecule has 0 spiro atoms. The van der Waals surface area contributed by atoms with Crippen LogP contribution in [0.2, 0.25) is 0 Å². The lowest BCUT2D eigenvalue weighted by Gasteiger charge is -2.22. The highest BCUT2D eigenvalue weighted by Gasteiger charge is 2.29. The Morgan fingerprint density at radius 2 is 0.429 bits per heavy atom. The highest BCUT2D eigenvalue weighted by atomic mass is 31.2. The molecule has 3 N–H and O–H groups in total. The van der Waals surface area contributed by atoms with Crippen LogP contribution in [0.15, 0.2) is 0 Å². The highest BCUT2D eigenvalue weighted by molar-refractivity contribution is 7.47. The van der Waals surface area contributed by atoms with E-state index in [0.717, 1.165) is 64.2 Å². The quantitative estimate of drug-likeness (QED) is 0.0389. The first-order valence-electron chi connectivity index (χ1n) is 36.4. The van der Waals surface area contributed by atoms with Crippen molar-refractivity contribution >= 4 is 15.6 Å². The van der Waals surface area contributed by atoms with E-state index in [2.05, 4.69) is 27.7 Å². The van der Waals surface area contributed by atoms with Gasteiger partial charge in [-0.1, -0.05) is 336 Å². The maximum Gasteiger partial charge on any atom is 0.472 e. The van der Waals surface area contributed by atoms with Crippen LogP contribution in [0.3, 0.4) is 0 Å². The molecule has 506 valence electrons. The number of aliphatic hydroxyl groups excluding tert-OH is 1. The molecule has 0 saturated carbocycles. The van der Waals surface area contributed by atoms with E-state index in [1.807, 2.05) is 0 Å². The summed E-state index contributed by atoms with van der Waals surface area (Å²) < 4.78 is 71.2. The summed E-state index contributed by atoms with van der Waals surface area (Å²) >= 11 is 0. The van der Waals surface area contributed by atoms with Gasteiger partial charge < -0.3 is 33.8 Å². The predicted molar refractivity (Wildman–Crippen MR) is 353 cm³/mol. The van der Waals surface area contributed by atoms with E-state index in [1.165, 1.54) is 270 Å². The molecule has 0 amide bonds. The van der Waals surface area contributed by atoms with Crippen LogP contribution < -0.4 is 0 Å². The van der Waals surface area contributed by atoms with Crippen LogP contribution in [0.5, 0.6) is 0 Å². The lowest BCUT2D eigenvalue weighted by atomic mass is 10.0. The Balaban J connectivity index is 4.92. The maximum atomic E-state index is 13.0. The van der Waals surface area contributed by atoms with E-state index >= 15 is 0 Å². The number of phosphoric acid groups is 2. The summed E-state index contributed by atoms with van der Waals surface area (Å²) in [5.41, 5.74) is 0. The zero-order valence-electron chi connectivity index (χ0n) is 55.9. The molecule has 0 rings (SSSR count). The number of aliphatic hydroxyl groups is 1. The molecule has 84 heavy (non-hydrogen) atoms. The van der Waals surface area contributed by atoms with E-state index < -0.39 is 47.2 Å². The molecule has 0 aromatic carbocycles. The number of phosphoric ester groups is 2. The SMILES string of the molecule is CCCCCCCCCCCCCCCOCC(COP(=O)(O)OCC(O)COP(=O)(O)OCC(COCCCCCCCCCCCCCCC)OCCCCCCCCCCCCCCC)OCCCCCCCCCCCCCCC. The largest absolute Gasteiger partial charge is 0.472 e. The Labute approximate surface area is 520 Å². The van der Waals surface area contributed by atoms with Crippen molar-refractivity contribution in [2.75, 3.05) is 66.1 Å². The van der Waals surface area contributed by atoms with Crippen LogP contribution in [-0.4, -0.2) is 99.3 Å². The second-order valence-electron chi connectivity index (χ2n) is 24.9. The van der Waals surface area contributed by atoms with Gasteiger partial charge in [0, 0.05) is 26.4 Å². The van der Waals surface area contributed by atoms with Crippen molar-refractivity contribution in [1.82, 2.24) is 0 Å². The van der Waals surface area contributed by atoms with Crippen molar-refractivity contribution in [3.63, 3.8) is 0 Å².